The summed E-state index contributed by atoms with van der Waals surface area (Å²) in [6.07, 6.45) is 4.91. The Hall–Kier alpha value is -0.778. The van der Waals surface area contributed by atoms with E-state index in [2.05, 4.69) is 23.2 Å². The van der Waals surface area contributed by atoms with Crippen LogP contribution in [-0.4, -0.2) is 27.2 Å². The van der Waals surface area contributed by atoms with Gasteiger partial charge in [0.2, 0.25) is 0 Å². The molecule has 0 aromatic carbocycles. The molecule has 3 heteroatoms. The molecule has 0 saturated heterocycles. The van der Waals surface area contributed by atoms with E-state index < -0.39 is 0 Å². The highest BCUT2D eigenvalue weighted by Gasteiger charge is 2.11. The second-order valence-corrected chi connectivity index (χ2v) is 2.16. The Kier molecular flexibility index (Phi) is 2.10. The monoisotopic (exact) mass is 149 g/mol. The number of hydrogen-bond acceptors (Lipinski definition) is 1. The Labute approximate surface area is 67.6 Å². The highest BCUT2D eigenvalue weighted by Crippen LogP contribution is 2.10. The van der Waals surface area contributed by atoms with Crippen LogP contribution >= 0.6 is 0 Å². The lowest BCUT2D eigenvalue weighted by atomic mass is 10.1. The van der Waals surface area contributed by atoms with Crippen LogP contribution in [0.25, 0.3) is 0 Å². The molecule has 0 aromatic rings. The molecule has 10 heavy (non-hydrogen) atoms. The van der Waals surface area contributed by atoms with E-state index in [-0.39, 0.29) is 5.78 Å². The van der Waals surface area contributed by atoms with Crippen LogP contribution in [0, 0.1) is 0 Å². The average Bonchev–Trinajstić information content (AvgIpc) is 1.94. The maximum Gasteiger partial charge on any atom is 0.374 e. The Bertz CT molecular complexity index is 238. The highest BCUT2D eigenvalue weighted by atomic mass is 27.1. The smallest absolute Gasteiger partial charge is 0.374 e. The van der Waals surface area contributed by atoms with E-state index in [0.29, 0.717) is 5.76 Å². The van der Waals surface area contributed by atoms with Gasteiger partial charge in [-0.1, -0.05) is 6.58 Å². The van der Waals surface area contributed by atoms with Crippen LogP contribution in [0.15, 0.2) is 36.1 Å². The molecule has 0 aromatic heterocycles. The Morgan fingerprint density at radius 2 is 2.20 bits per heavy atom. The molecule has 1 N–H and O–H groups in total. The van der Waals surface area contributed by atoms with Gasteiger partial charge in [0, 0.05) is 6.08 Å². The second kappa shape index (κ2) is 2.87. The predicted molar refractivity (Wildman–Crippen MR) is 40.1 cm³/mol. The van der Waals surface area contributed by atoms with E-state index in [1.165, 1.54) is 0 Å². The van der Waals surface area contributed by atoms with E-state index in [0.717, 1.165) is 5.57 Å². The SMILES string of the molecule is C=C1C=CC(=[OH+])C([O][Al-])=C1. The molecule has 0 amide bonds. The van der Waals surface area contributed by atoms with Gasteiger partial charge in [-0.3, -0.25) is 21.4 Å². The summed E-state index contributed by atoms with van der Waals surface area (Å²) < 4.78 is 4.75. The van der Waals surface area contributed by atoms with Crippen LogP contribution in [0.3, 0.4) is 0 Å². The van der Waals surface area contributed by atoms with Crippen molar-refractivity contribution >= 4 is 22.4 Å². The quantitative estimate of drug-likeness (QED) is 0.397. The molecule has 0 saturated carbocycles. The van der Waals surface area contributed by atoms with Gasteiger partial charge in [0.15, 0.2) is 5.76 Å². The highest BCUT2D eigenvalue weighted by molar-refractivity contribution is 6.10. The zero-order chi connectivity index (χ0) is 7.56. The van der Waals surface area contributed by atoms with Gasteiger partial charge in [0.25, 0.3) is 0 Å². The van der Waals surface area contributed by atoms with Crippen molar-refractivity contribution in [2.24, 2.45) is 0 Å². The summed E-state index contributed by atoms with van der Waals surface area (Å²) in [5, 5.41) is 0. The van der Waals surface area contributed by atoms with Crippen LogP contribution in [0.2, 0.25) is 0 Å². The van der Waals surface area contributed by atoms with Crippen LogP contribution in [0.1, 0.15) is 0 Å². The molecular formula is C7H6AlO2. The zero-order valence-corrected chi connectivity index (χ0v) is 6.53. The molecule has 0 aliphatic heterocycles. The predicted octanol–water partition coefficient (Wildman–Crippen LogP) is 0.641. The first-order chi connectivity index (χ1) is 4.74. The topological polar surface area (TPSA) is 30.6 Å². The lowest BCUT2D eigenvalue weighted by Crippen LogP contribution is -2.05. The molecule has 2 nitrogen and oxygen atoms in total. The van der Waals surface area contributed by atoms with Crippen molar-refractivity contribution in [3.05, 3.63) is 36.1 Å². The molecule has 0 bridgehead atoms. The third-order valence-electron chi connectivity index (χ3n) is 1.15. The fourth-order valence-corrected chi connectivity index (χ4v) is 0.842. The summed E-state index contributed by atoms with van der Waals surface area (Å²) in [5.74, 6) is 0.555. The first kappa shape index (κ1) is 7.33. The maximum absolute atomic E-state index is 9.07. The molecule has 0 spiro atoms. The van der Waals surface area contributed by atoms with Crippen molar-refractivity contribution in [1.29, 1.82) is 0 Å². The van der Waals surface area contributed by atoms with Crippen molar-refractivity contribution in [2.45, 2.75) is 0 Å². The standard InChI is InChI=1S/C7H6O2.Al/c1-5-2-3-6(8)7(9)4-5;/h2-4,9H,1H2;. The summed E-state index contributed by atoms with van der Waals surface area (Å²) in [5.41, 5.74) is 0.815. The van der Waals surface area contributed by atoms with E-state index in [4.69, 9.17) is 8.58 Å². The number of allylic oxidation sites excluding steroid dienone is 4. The van der Waals surface area contributed by atoms with Gasteiger partial charge >= 0.3 is 5.78 Å². The lowest BCUT2D eigenvalue weighted by molar-refractivity contribution is 0.488. The number of hydrogen-bond donors (Lipinski definition) is 0. The van der Waals surface area contributed by atoms with Crippen molar-refractivity contribution < 1.29 is 8.58 Å². The minimum absolute atomic E-state index is 0.127. The largest absolute Gasteiger partial charge is 0.872 e. The van der Waals surface area contributed by atoms with Crippen molar-refractivity contribution in [2.75, 3.05) is 0 Å². The van der Waals surface area contributed by atoms with Crippen molar-refractivity contribution in [3.8, 4) is 0 Å². The molecular weight excluding hydrogens is 143 g/mol. The van der Waals surface area contributed by atoms with Crippen molar-refractivity contribution in [3.63, 3.8) is 0 Å². The van der Waals surface area contributed by atoms with E-state index >= 15 is 0 Å². The molecule has 0 heterocycles. The second-order valence-electron chi connectivity index (χ2n) is 1.92. The van der Waals surface area contributed by atoms with Crippen LogP contribution < -0.4 is 0 Å². The molecule has 1 aliphatic rings. The lowest BCUT2D eigenvalue weighted by Gasteiger charge is -2.16. The van der Waals surface area contributed by atoms with Gasteiger partial charge in [0.1, 0.15) is 0 Å². The Morgan fingerprint density at radius 3 is 2.70 bits per heavy atom. The van der Waals surface area contributed by atoms with Gasteiger partial charge in [-0.2, -0.15) is 0 Å². The molecule has 1 rings (SSSR count). The fourth-order valence-electron chi connectivity index (χ4n) is 0.653. The third-order valence-corrected chi connectivity index (χ3v) is 1.41. The van der Waals surface area contributed by atoms with Crippen LogP contribution in [-0.2, 0) is 3.79 Å². The third kappa shape index (κ3) is 1.38. The molecule has 0 fully saturated rings. The maximum atomic E-state index is 9.07. The van der Waals surface area contributed by atoms with Crippen LogP contribution in [0.5, 0.6) is 0 Å². The Balaban J connectivity index is 2.89. The van der Waals surface area contributed by atoms with E-state index in [9.17, 15) is 0 Å². The fraction of sp³-hybridized carbons (Fsp3) is 0. The van der Waals surface area contributed by atoms with Crippen molar-refractivity contribution in [1.82, 2.24) is 0 Å². The van der Waals surface area contributed by atoms with Gasteiger partial charge in [-0.15, -0.1) is 0 Å². The molecule has 49 valence electrons. The van der Waals surface area contributed by atoms with Gasteiger partial charge in [-0.05, 0) is 17.7 Å². The van der Waals surface area contributed by atoms with E-state index in [1.54, 1.807) is 18.2 Å². The zero-order valence-electron chi connectivity index (χ0n) is 5.37. The van der Waals surface area contributed by atoms with E-state index in [1.807, 2.05) is 0 Å². The van der Waals surface area contributed by atoms with Crippen LogP contribution in [0.4, 0.5) is 0 Å². The molecule has 0 atom stereocenters. The molecule has 0 unspecified atom stereocenters. The normalized spacial score (nSPS) is 17.1. The Morgan fingerprint density at radius 1 is 1.50 bits per heavy atom. The number of ketones is 1. The minimum atomic E-state index is 0.127. The number of rotatable bonds is 1. The first-order valence-corrected chi connectivity index (χ1v) is 3.23. The summed E-state index contributed by atoms with van der Waals surface area (Å²) in [7, 11) is 0. The summed E-state index contributed by atoms with van der Waals surface area (Å²) in [6, 6.07) is 0. The van der Waals surface area contributed by atoms with Gasteiger partial charge in [0.05, 0.1) is 0 Å². The number of carbonyl (C=O) groups excluding carboxylic acids is 1. The summed E-state index contributed by atoms with van der Waals surface area (Å²) in [4.78, 5) is 9.07. The minimum Gasteiger partial charge on any atom is -0.872 e. The first-order valence-electron chi connectivity index (χ1n) is 2.76. The van der Waals surface area contributed by atoms with Gasteiger partial charge < -0.3 is 3.79 Å². The average molecular weight is 149 g/mol. The molecule has 3 radical (unpaired) electrons. The molecule has 1 aliphatic carbocycles. The van der Waals surface area contributed by atoms with Gasteiger partial charge in [-0.25, -0.2) is 0 Å². The summed E-state index contributed by atoms with van der Waals surface area (Å²) in [6.45, 7) is 3.67. The summed E-state index contributed by atoms with van der Waals surface area (Å²) >= 11 is 2.06.